The monoisotopic (exact) mass is 243 g/mol. The van der Waals surface area contributed by atoms with E-state index in [0.29, 0.717) is 23.8 Å². The average molecular weight is 243 g/mol. The standard InChI is InChI=1S/C12H18FNOS/c1-9(2)7-16(15)8-11-5-10(6-14)3-4-12(11)13/h3-5,9H,6-8,14H2,1-2H3. The Morgan fingerprint density at radius 1 is 1.44 bits per heavy atom. The van der Waals surface area contributed by atoms with Gasteiger partial charge in [0.05, 0.1) is 5.75 Å². The van der Waals surface area contributed by atoms with Gasteiger partial charge >= 0.3 is 0 Å². The number of hydrogen-bond acceptors (Lipinski definition) is 2. The molecule has 0 bridgehead atoms. The number of benzene rings is 1. The fourth-order valence-corrected chi connectivity index (χ4v) is 2.90. The van der Waals surface area contributed by atoms with Gasteiger partial charge < -0.3 is 5.73 Å². The van der Waals surface area contributed by atoms with Crippen LogP contribution >= 0.6 is 0 Å². The Morgan fingerprint density at radius 2 is 2.12 bits per heavy atom. The van der Waals surface area contributed by atoms with E-state index < -0.39 is 10.8 Å². The average Bonchev–Trinajstić information content (AvgIpc) is 2.20. The minimum Gasteiger partial charge on any atom is -0.326 e. The van der Waals surface area contributed by atoms with Gasteiger partial charge in [-0.3, -0.25) is 4.21 Å². The summed E-state index contributed by atoms with van der Waals surface area (Å²) >= 11 is 0. The normalized spacial score (nSPS) is 13.1. The quantitative estimate of drug-likeness (QED) is 0.861. The van der Waals surface area contributed by atoms with Gasteiger partial charge in [-0.15, -0.1) is 0 Å². The van der Waals surface area contributed by atoms with E-state index in [9.17, 15) is 8.60 Å². The Labute approximate surface area is 98.5 Å². The first kappa shape index (κ1) is 13.3. The Kier molecular flexibility index (Phi) is 5.09. The summed E-state index contributed by atoms with van der Waals surface area (Å²) in [4.78, 5) is 0. The fourth-order valence-electron chi connectivity index (χ4n) is 1.47. The summed E-state index contributed by atoms with van der Waals surface area (Å²) in [7, 11) is -1.00. The molecule has 0 aliphatic carbocycles. The Hall–Kier alpha value is -0.740. The predicted molar refractivity (Wildman–Crippen MR) is 65.8 cm³/mol. The van der Waals surface area contributed by atoms with Crippen LogP contribution in [0.5, 0.6) is 0 Å². The minimum absolute atomic E-state index is 0.276. The van der Waals surface area contributed by atoms with E-state index in [2.05, 4.69) is 0 Å². The molecule has 0 radical (unpaired) electrons. The van der Waals surface area contributed by atoms with Crippen LogP contribution in [0.1, 0.15) is 25.0 Å². The predicted octanol–water partition coefficient (Wildman–Crippen LogP) is 2.19. The molecule has 1 unspecified atom stereocenters. The van der Waals surface area contributed by atoms with Crippen molar-refractivity contribution in [3.63, 3.8) is 0 Å². The zero-order valence-corrected chi connectivity index (χ0v) is 10.5. The summed E-state index contributed by atoms with van der Waals surface area (Å²) in [6, 6.07) is 4.75. The molecule has 90 valence electrons. The maximum Gasteiger partial charge on any atom is 0.127 e. The highest BCUT2D eigenvalue weighted by molar-refractivity contribution is 7.84. The molecule has 1 rings (SSSR count). The summed E-state index contributed by atoms with van der Waals surface area (Å²) in [6.45, 7) is 4.39. The molecule has 0 fully saturated rings. The van der Waals surface area contributed by atoms with Gasteiger partial charge in [0.2, 0.25) is 0 Å². The Morgan fingerprint density at radius 3 is 2.69 bits per heavy atom. The second-order valence-electron chi connectivity index (χ2n) is 4.27. The van der Waals surface area contributed by atoms with Gasteiger partial charge in [-0.05, 0) is 17.5 Å². The zero-order chi connectivity index (χ0) is 12.1. The van der Waals surface area contributed by atoms with E-state index in [-0.39, 0.29) is 11.6 Å². The van der Waals surface area contributed by atoms with Crippen molar-refractivity contribution < 1.29 is 8.60 Å². The van der Waals surface area contributed by atoms with Gasteiger partial charge in [-0.25, -0.2) is 4.39 Å². The first-order valence-corrected chi connectivity index (χ1v) is 6.84. The first-order valence-electron chi connectivity index (χ1n) is 5.35. The molecule has 2 nitrogen and oxygen atoms in total. The number of nitrogens with two attached hydrogens (primary N) is 1. The molecule has 1 atom stereocenters. The molecule has 4 heteroatoms. The highest BCUT2D eigenvalue weighted by Gasteiger charge is 2.09. The van der Waals surface area contributed by atoms with E-state index in [4.69, 9.17) is 5.73 Å². The second-order valence-corrected chi connectivity index (χ2v) is 5.78. The second kappa shape index (κ2) is 6.11. The molecule has 0 saturated heterocycles. The van der Waals surface area contributed by atoms with Crippen LogP contribution in [-0.2, 0) is 23.1 Å². The summed E-state index contributed by atoms with van der Waals surface area (Å²) in [5.74, 6) is 0.945. The Balaban J connectivity index is 2.75. The van der Waals surface area contributed by atoms with Crippen molar-refractivity contribution in [3.05, 3.63) is 35.1 Å². The molecule has 0 aromatic heterocycles. The van der Waals surface area contributed by atoms with Crippen molar-refractivity contribution in [2.45, 2.75) is 26.1 Å². The van der Waals surface area contributed by atoms with Crippen LogP contribution in [0.2, 0.25) is 0 Å². The van der Waals surface area contributed by atoms with Crippen LogP contribution in [0.15, 0.2) is 18.2 Å². The van der Waals surface area contributed by atoms with Gasteiger partial charge in [0.15, 0.2) is 0 Å². The summed E-state index contributed by atoms with van der Waals surface area (Å²) in [5, 5.41) is 0. The van der Waals surface area contributed by atoms with Crippen LogP contribution in [-0.4, -0.2) is 9.96 Å². The van der Waals surface area contributed by atoms with E-state index >= 15 is 0 Å². The molecule has 1 aromatic rings. The van der Waals surface area contributed by atoms with Crippen LogP contribution in [0.25, 0.3) is 0 Å². The zero-order valence-electron chi connectivity index (χ0n) is 9.70. The Bertz CT molecular complexity index is 379. The van der Waals surface area contributed by atoms with E-state index in [1.807, 2.05) is 13.8 Å². The van der Waals surface area contributed by atoms with Crippen LogP contribution in [0.3, 0.4) is 0 Å². The minimum atomic E-state index is -1.00. The van der Waals surface area contributed by atoms with E-state index in [0.717, 1.165) is 5.56 Å². The number of halogens is 1. The van der Waals surface area contributed by atoms with Crippen LogP contribution in [0.4, 0.5) is 4.39 Å². The highest BCUT2D eigenvalue weighted by atomic mass is 32.2. The van der Waals surface area contributed by atoms with E-state index in [1.54, 1.807) is 12.1 Å². The highest BCUT2D eigenvalue weighted by Crippen LogP contribution is 2.13. The molecule has 0 spiro atoms. The lowest BCUT2D eigenvalue weighted by molar-refractivity contribution is 0.613. The van der Waals surface area contributed by atoms with Gasteiger partial charge in [0.25, 0.3) is 0 Å². The lowest BCUT2D eigenvalue weighted by Gasteiger charge is -2.07. The van der Waals surface area contributed by atoms with E-state index in [1.165, 1.54) is 6.07 Å². The molecular weight excluding hydrogens is 225 g/mol. The number of hydrogen-bond donors (Lipinski definition) is 1. The molecule has 0 aliphatic heterocycles. The van der Waals surface area contributed by atoms with Crippen molar-refractivity contribution in [1.29, 1.82) is 0 Å². The van der Waals surface area contributed by atoms with Gasteiger partial charge in [-0.2, -0.15) is 0 Å². The third kappa shape index (κ3) is 4.02. The molecule has 1 aromatic carbocycles. The van der Waals surface area contributed by atoms with Gasteiger partial charge in [-0.1, -0.05) is 26.0 Å². The molecule has 0 saturated carbocycles. The summed E-state index contributed by atoms with van der Waals surface area (Å²) in [6.07, 6.45) is 0. The van der Waals surface area contributed by atoms with Crippen molar-refractivity contribution in [1.82, 2.24) is 0 Å². The van der Waals surface area contributed by atoms with Crippen molar-refractivity contribution in [2.75, 3.05) is 5.75 Å². The third-order valence-corrected chi connectivity index (χ3v) is 3.85. The molecule has 0 aliphatic rings. The molecular formula is C12H18FNOS. The molecule has 2 N–H and O–H groups in total. The first-order chi connectivity index (χ1) is 7.52. The SMILES string of the molecule is CC(C)CS(=O)Cc1cc(CN)ccc1F. The van der Waals surface area contributed by atoms with Gasteiger partial charge in [0.1, 0.15) is 5.82 Å². The smallest absolute Gasteiger partial charge is 0.127 e. The van der Waals surface area contributed by atoms with Crippen LogP contribution < -0.4 is 5.73 Å². The van der Waals surface area contributed by atoms with Crippen molar-refractivity contribution in [2.24, 2.45) is 11.7 Å². The summed E-state index contributed by atoms with van der Waals surface area (Å²) in [5.41, 5.74) is 6.86. The fraction of sp³-hybridized carbons (Fsp3) is 0.500. The molecule has 0 amide bonds. The third-order valence-electron chi connectivity index (χ3n) is 2.18. The van der Waals surface area contributed by atoms with Crippen molar-refractivity contribution >= 4 is 10.8 Å². The molecule has 16 heavy (non-hydrogen) atoms. The lowest BCUT2D eigenvalue weighted by Crippen LogP contribution is -2.08. The summed E-state index contributed by atoms with van der Waals surface area (Å²) < 4.78 is 25.1. The maximum atomic E-state index is 13.4. The van der Waals surface area contributed by atoms with Gasteiger partial charge in [0, 0.05) is 28.7 Å². The maximum absolute atomic E-state index is 13.4. The molecule has 0 heterocycles. The largest absolute Gasteiger partial charge is 0.326 e. The van der Waals surface area contributed by atoms with Crippen molar-refractivity contribution in [3.8, 4) is 0 Å². The number of rotatable bonds is 5. The topological polar surface area (TPSA) is 43.1 Å². The lowest BCUT2D eigenvalue weighted by atomic mass is 10.1. The van der Waals surface area contributed by atoms with Crippen LogP contribution in [0, 0.1) is 11.7 Å².